The standard InChI is InChI=1S/C10H15NO2.ClH/c1-7-3-4-8(9(11)6-12)5-10(7)13-2;/h3-5,9,12H,6,11H2,1-2H3;1H/t9-;/m0./s1. The predicted octanol–water partition coefficient (Wildman–Crippen LogP) is 1.42. The van der Waals surface area contributed by atoms with Crippen molar-refractivity contribution in [2.24, 2.45) is 5.73 Å². The van der Waals surface area contributed by atoms with E-state index in [2.05, 4.69) is 0 Å². The molecule has 0 heterocycles. The average Bonchev–Trinajstić information content (AvgIpc) is 2.17. The van der Waals surface area contributed by atoms with Crippen molar-refractivity contribution in [3.05, 3.63) is 29.3 Å². The molecule has 4 heteroatoms. The zero-order chi connectivity index (χ0) is 9.84. The van der Waals surface area contributed by atoms with E-state index in [1.54, 1.807) is 7.11 Å². The molecule has 0 saturated carbocycles. The van der Waals surface area contributed by atoms with Gasteiger partial charge in [-0.05, 0) is 24.1 Å². The summed E-state index contributed by atoms with van der Waals surface area (Å²) < 4.78 is 5.14. The summed E-state index contributed by atoms with van der Waals surface area (Å²) in [6.07, 6.45) is 0. The van der Waals surface area contributed by atoms with Gasteiger partial charge < -0.3 is 15.6 Å². The van der Waals surface area contributed by atoms with Gasteiger partial charge >= 0.3 is 0 Å². The molecule has 0 amide bonds. The molecule has 1 rings (SSSR count). The van der Waals surface area contributed by atoms with Crippen LogP contribution in [0.1, 0.15) is 17.2 Å². The van der Waals surface area contributed by atoms with Crippen LogP contribution in [0.4, 0.5) is 0 Å². The molecule has 0 radical (unpaired) electrons. The summed E-state index contributed by atoms with van der Waals surface area (Å²) in [6.45, 7) is 1.92. The highest BCUT2D eigenvalue weighted by Gasteiger charge is 2.06. The van der Waals surface area contributed by atoms with E-state index in [1.807, 2.05) is 25.1 Å². The summed E-state index contributed by atoms with van der Waals surface area (Å²) >= 11 is 0. The lowest BCUT2D eigenvalue weighted by Crippen LogP contribution is -2.14. The van der Waals surface area contributed by atoms with Gasteiger partial charge in [0.1, 0.15) is 5.75 Å². The van der Waals surface area contributed by atoms with Gasteiger partial charge in [0.2, 0.25) is 0 Å². The van der Waals surface area contributed by atoms with Gasteiger partial charge in [0.15, 0.2) is 0 Å². The molecule has 1 aromatic rings. The molecule has 0 aliphatic heterocycles. The van der Waals surface area contributed by atoms with Crippen molar-refractivity contribution < 1.29 is 9.84 Å². The number of ether oxygens (including phenoxy) is 1. The molecule has 0 fully saturated rings. The zero-order valence-electron chi connectivity index (χ0n) is 8.36. The van der Waals surface area contributed by atoms with E-state index in [-0.39, 0.29) is 25.1 Å². The van der Waals surface area contributed by atoms with Crippen molar-refractivity contribution in [3.8, 4) is 5.75 Å². The van der Waals surface area contributed by atoms with Crippen LogP contribution in [0.2, 0.25) is 0 Å². The maximum absolute atomic E-state index is 8.86. The van der Waals surface area contributed by atoms with Crippen LogP contribution in [0.3, 0.4) is 0 Å². The fourth-order valence-corrected chi connectivity index (χ4v) is 1.17. The Morgan fingerprint density at radius 3 is 2.64 bits per heavy atom. The van der Waals surface area contributed by atoms with Crippen molar-refractivity contribution in [2.45, 2.75) is 13.0 Å². The topological polar surface area (TPSA) is 55.5 Å². The van der Waals surface area contributed by atoms with Crippen molar-refractivity contribution in [1.29, 1.82) is 0 Å². The SMILES string of the molecule is COc1cc([C@@H](N)CO)ccc1C.Cl. The summed E-state index contributed by atoms with van der Waals surface area (Å²) in [5, 5.41) is 8.86. The third-order valence-corrected chi connectivity index (χ3v) is 2.06. The number of aliphatic hydroxyl groups excluding tert-OH is 1. The third kappa shape index (κ3) is 2.87. The van der Waals surface area contributed by atoms with Crippen LogP contribution in [0.15, 0.2) is 18.2 Å². The minimum Gasteiger partial charge on any atom is -0.496 e. The number of hydrogen-bond donors (Lipinski definition) is 2. The van der Waals surface area contributed by atoms with E-state index in [4.69, 9.17) is 15.6 Å². The highest BCUT2D eigenvalue weighted by atomic mass is 35.5. The maximum Gasteiger partial charge on any atom is 0.122 e. The fourth-order valence-electron chi connectivity index (χ4n) is 1.17. The Balaban J connectivity index is 0.00000169. The monoisotopic (exact) mass is 217 g/mol. The molecule has 14 heavy (non-hydrogen) atoms. The van der Waals surface area contributed by atoms with Crippen molar-refractivity contribution in [2.75, 3.05) is 13.7 Å². The van der Waals surface area contributed by atoms with Crippen molar-refractivity contribution in [3.63, 3.8) is 0 Å². The molecular formula is C10H16ClNO2. The molecule has 0 unspecified atom stereocenters. The van der Waals surface area contributed by atoms with E-state index >= 15 is 0 Å². The third-order valence-electron chi connectivity index (χ3n) is 2.06. The first-order valence-electron chi connectivity index (χ1n) is 4.20. The van der Waals surface area contributed by atoms with E-state index in [0.29, 0.717) is 0 Å². The molecule has 0 aliphatic carbocycles. The summed E-state index contributed by atoms with van der Waals surface area (Å²) in [4.78, 5) is 0. The predicted molar refractivity (Wildman–Crippen MR) is 59.0 cm³/mol. The van der Waals surface area contributed by atoms with Gasteiger partial charge in [0.05, 0.1) is 19.8 Å². The van der Waals surface area contributed by atoms with Gasteiger partial charge in [-0.3, -0.25) is 0 Å². The molecule has 3 nitrogen and oxygen atoms in total. The molecule has 0 aliphatic rings. The van der Waals surface area contributed by atoms with Gasteiger partial charge in [-0.2, -0.15) is 0 Å². The number of methoxy groups -OCH3 is 1. The fraction of sp³-hybridized carbons (Fsp3) is 0.400. The van der Waals surface area contributed by atoms with Crippen LogP contribution in [-0.4, -0.2) is 18.8 Å². The Hall–Kier alpha value is -0.770. The zero-order valence-corrected chi connectivity index (χ0v) is 9.17. The molecule has 0 spiro atoms. The lowest BCUT2D eigenvalue weighted by atomic mass is 10.1. The Kier molecular flexibility index (Phi) is 5.53. The molecule has 80 valence electrons. The number of nitrogens with two attached hydrogens (primary N) is 1. The quantitative estimate of drug-likeness (QED) is 0.805. The van der Waals surface area contributed by atoms with Crippen LogP contribution in [0, 0.1) is 6.92 Å². The van der Waals surface area contributed by atoms with Crippen LogP contribution in [-0.2, 0) is 0 Å². The second kappa shape index (κ2) is 5.86. The number of aliphatic hydroxyl groups is 1. The lowest BCUT2D eigenvalue weighted by Gasteiger charge is -2.11. The number of aryl methyl sites for hydroxylation is 1. The molecule has 0 bridgehead atoms. The van der Waals surface area contributed by atoms with Crippen molar-refractivity contribution in [1.82, 2.24) is 0 Å². The normalized spacial score (nSPS) is 11.7. The summed E-state index contributed by atoms with van der Waals surface area (Å²) in [5.41, 5.74) is 7.62. The highest BCUT2D eigenvalue weighted by molar-refractivity contribution is 5.85. The Labute approximate surface area is 90.3 Å². The largest absolute Gasteiger partial charge is 0.496 e. The van der Waals surface area contributed by atoms with Crippen LogP contribution >= 0.6 is 12.4 Å². The van der Waals surface area contributed by atoms with Crippen molar-refractivity contribution >= 4 is 12.4 Å². The second-order valence-electron chi connectivity index (χ2n) is 3.02. The van der Waals surface area contributed by atoms with Crippen LogP contribution < -0.4 is 10.5 Å². The second-order valence-corrected chi connectivity index (χ2v) is 3.02. The number of hydrogen-bond acceptors (Lipinski definition) is 3. The molecule has 1 aromatic carbocycles. The molecule has 0 saturated heterocycles. The lowest BCUT2D eigenvalue weighted by molar-refractivity contribution is 0.267. The van der Waals surface area contributed by atoms with Gasteiger partial charge in [-0.1, -0.05) is 12.1 Å². The highest BCUT2D eigenvalue weighted by Crippen LogP contribution is 2.21. The smallest absolute Gasteiger partial charge is 0.122 e. The van der Waals surface area contributed by atoms with Gasteiger partial charge in [0, 0.05) is 0 Å². The minimum atomic E-state index is -0.325. The minimum absolute atomic E-state index is 0. The Morgan fingerprint density at radius 1 is 1.50 bits per heavy atom. The summed E-state index contributed by atoms with van der Waals surface area (Å²) in [7, 11) is 1.62. The molecule has 0 aromatic heterocycles. The van der Waals surface area contributed by atoms with E-state index in [1.165, 1.54) is 0 Å². The number of benzene rings is 1. The molecule has 1 atom stereocenters. The number of halogens is 1. The first kappa shape index (κ1) is 13.2. The number of rotatable bonds is 3. The molecular weight excluding hydrogens is 202 g/mol. The average molecular weight is 218 g/mol. The van der Waals surface area contributed by atoms with E-state index in [9.17, 15) is 0 Å². The van der Waals surface area contributed by atoms with Crippen LogP contribution in [0.5, 0.6) is 5.75 Å². The van der Waals surface area contributed by atoms with Gasteiger partial charge in [-0.15, -0.1) is 12.4 Å². The first-order valence-corrected chi connectivity index (χ1v) is 4.20. The van der Waals surface area contributed by atoms with E-state index < -0.39 is 0 Å². The van der Waals surface area contributed by atoms with Gasteiger partial charge in [-0.25, -0.2) is 0 Å². The van der Waals surface area contributed by atoms with E-state index in [0.717, 1.165) is 16.9 Å². The van der Waals surface area contributed by atoms with Crippen LogP contribution in [0.25, 0.3) is 0 Å². The molecule has 3 N–H and O–H groups in total. The van der Waals surface area contributed by atoms with Gasteiger partial charge in [0.25, 0.3) is 0 Å². The summed E-state index contributed by atoms with van der Waals surface area (Å²) in [5.74, 6) is 0.807. The maximum atomic E-state index is 8.86. The Morgan fingerprint density at radius 2 is 2.14 bits per heavy atom. The first-order chi connectivity index (χ1) is 6.19. The Bertz CT molecular complexity index is 291. The summed E-state index contributed by atoms with van der Waals surface area (Å²) in [6, 6.07) is 5.37.